The van der Waals surface area contributed by atoms with Crippen molar-refractivity contribution in [2.75, 3.05) is 0 Å². The first kappa shape index (κ1) is 16.1. The maximum absolute atomic E-state index is 8.47. The molecule has 0 aliphatic rings. The molecule has 37 heavy (non-hydrogen) atoms. The zero-order chi connectivity index (χ0) is 29.9. The molecule has 0 saturated heterocycles. The van der Waals surface area contributed by atoms with E-state index in [-0.39, 0.29) is 17.0 Å². The van der Waals surface area contributed by atoms with Gasteiger partial charge in [0.1, 0.15) is 5.58 Å². The van der Waals surface area contributed by atoms with Gasteiger partial charge in [0.25, 0.3) is 0 Å². The number of pyridine rings is 2. The van der Waals surface area contributed by atoms with Crippen molar-refractivity contribution in [1.29, 1.82) is 0 Å². The van der Waals surface area contributed by atoms with Gasteiger partial charge in [-0.1, -0.05) is 66.7 Å². The highest BCUT2D eigenvalue weighted by molar-refractivity contribution is 6.08. The highest BCUT2D eigenvalue weighted by Gasteiger charge is 2.15. The van der Waals surface area contributed by atoms with Gasteiger partial charge >= 0.3 is 0 Å². The van der Waals surface area contributed by atoms with Crippen LogP contribution in [0.4, 0.5) is 0 Å². The van der Waals surface area contributed by atoms with Crippen LogP contribution >= 0.6 is 0 Å². The minimum absolute atomic E-state index is 0.0369. The summed E-state index contributed by atoms with van der Waals surface area (Å²) in [7, 11) is 0. The van der Waals surface area contributed by atoms with Crippen LogP contribution in [0.3, 0.4) is 0 Å². The zero-order valence-electron chi connectivity index (χ0n) is 25.7. The first-order valence-electron chi connectivity index (χ1n) is 15.0. The average molecular weight is 483 g/mol. The van der Waals surface area contributed by atoms with Crippen molar-refractivity contribution in [3.8, 4) is 33.5 Å². The third-order valence-corrected chi connectivity index (χ3v) is 6.84. The van der Waals surface area contributed by atoms with Crippen molar-refractivity contribution in [2.24, 2.45) is 0 Å². The molecule has 3 nitrogen and oxygen atoms in total. The van der Waals surface area contributed by atoms with Crippen LogP contribution in [0, 0.1) is 13.7 Å². The Kier molecular flexibility index (Phi) is 3.66. The molecule has 176 valence electrons. The Hall–Kier alpha value is -4.76. The molecule has 4 aromatic carbocycles. The summed E-state index contributed by atoms with van der Waals surface area (Å²) < 4.78 is 54.6. The Labute approximate surface area is 223 Å². The van der Waals surface area contributed by atoms with E-state index in [0.29, 0.717) is 38.7 Å². The third kappa shape index (κ3) is 3.59. The van der Waals surface area contributed by atoms with Gasteiger partial charge in [-0.15, -0.1) is 0 Å². The maximum atomic E-state index is 8.47. The van der Waals surface area contributed by atoms with Gasteiger partial charge in [-0.25, -0.2) is 4.98 Å². The maximum Gasteiger partial charge on any atom is 0.227 e. The molecule has 3 heterocycles. The molecule has 0 saturated carbocycles. The number of aryl methyl sites for hydroxylation is 2. The highest BCUT2D eigenvalue weighted by atomic mass is 16.3. The van der Waals surface area contributed by atoms with Crippen molar-refractivity contribution in [3.05, 3.63) is 121 Å². The topological polar surface area (TPSA) is 38.9 Å². The molecule has 3 heteroatoms. The second kappa shape index (κ2) is 8.42. The van der Waals surface area contributed by atoms with E-state index in [1.54, 1.807) is 18.3 Å². The summed E-state index contributed by atoms with van der Waals surface area (Å²) >= 11 is 0. The zero-order valence-corrected chi connectivity index (χ0v) is 19.7. The number of furan rings is 1. The van der Waals surface area contributed by atoms with Gasteiger partial charge < -0.3 is 4.42 Å². The Balaban J connectivity index is 1.37. The number of fused-ring (bicyclic) bond motifs is 4. The summed E-state index contributed by atoms with van der Waals surface area (Å²) in [4.78, 5) is 8.87. The minimum atomic E-state index is -2.36. The van der Waals surface area contributed by atoms with Crippen LogP contribution < -0.4 is 0 Å². The van der Waals surface area contributed by atoms with Crippen molar-refractivity contribution in [3.63, 3.8) is 0 Å². The summed E-state index contributed by atoms with van der Waals surface area (Å²) in [6.45, 7) is -4.72. The molecule has 0 radical (unpaired) electrons. The van der Waals surface area contributed by atoms with Crippen LogP contribution in [0.5, 0.6) is 0 Å². The summed E-state index contributed by atoms with van der Waals surface area (Å²) in [5.41, 5.74) is 5.68. The van der Waals surface area contributed by atoms with Crippen LogP contribution in [0.1, 0.15) is 19.5 Å². The fourth-order valence-electron chi connectivity index (χ4n) is 5.01. The van der Waals surface area contributed by atoms with Crippen molar-refractivity contribution in [1.82, 2.24) is 9.97 Å². The lowest BCUT2D eigenvalue weighted by Crippen LogP contribution is -1.90. The largest absolute Gasteiger partial charge is 0.437 e. The van der Waals surface area contributed by atoms with Gasteiger partial charge in [-0.3, -0.25) is 4.98 Å². The molecular weight excluding hydrogens is 452 g/mol. The molecular formula is C34H24N2O. The monoisotopic (exact) mass is 482 g/mol. The van der Waals surface area contributed by atoms with E-state index in [1.165, 1.54) is 6.07 Å². The number of rotatable bonds is 3. The molecule has 0 unspecified atom stereocenters. The molecule has 0 aliphatic carbocycles. The fraction of sp³-hybridized carbons (Fsp3) is 0.0588. The second-order valence-corrected chi connectivity index (χ2v) is 9.05. The van der Waals surface area contributed by atoms with Crippen LogP contribution in [-0.4, -0.2) is 9.97 Å². The van der Waals surface area contributed by atoms with E-state index in [9.17, 15) is 0 Å². The lowest BCUT2D eigenvalue weighted by atomic mass is 9.93. The van der Waals surface area contributed by atoms with Crippen LogP contribution in [0.15, 0.2) is 114 Å². The van der Waals surface area contributed by atoms with E-state index < -0.39 is 13.7 Å². The van der Waals surface area contributed by atoms with Crippen molar-refractivity contribution in [2.45, 2.75) is 13.7 Å². The third-order valence-electron chi connectivity index (χ3n) is 6.84. The lowest BCUT2D eigenvalue weighted by Gasteiger charge is -2.12. The van der Waals surface area contributed by atoms with E-state index in [4.69, 9.17) is 12.6 Å². The molecule has 0 fully saturated rings. The minimum Gasteiger partial charge on any atom is -0.437 e. The number of para-hydroxylation sites is 1. The predicted octanol–water partition coefficient (Wildman–Crippen LogP) is 9.15. The van der Waals surface area contributed by atoms with Crippen LogP contribution in [0.25, 0.3) is 66.4 Å². The van der Waals surface area contributed by atoms with Gasteiger partial charge in [0.15, 0.2) is 0 Å². The summed E-state index contributed by atoms with van der Waals surface area (Å²) in [5, 5.41) is 3.01. The van der Waals surface area contributed by atoms with Gasteiger partial charge in [0.2, 0.25) is 5.71 Å². The summed E-state index contributed by atoms with van der Waals surface area (Å²) in [6, 6.07) is 32.2. The van der Waals surface area contributed by atoms with Gasteiger partial charge in [-0.05, 0) is 88.7 Å². The second-order valence-electron chi connectivity index (χ2n) is 9.05. The molecule has 0 aliphatic heterocycles. The molecule has 0 amide bonds. The Morgan fingerprint density at radius 2 is 1.57 bits per heavy atom. The molecule has 0 bridgehead atoms. The molecule has 0 N–H and O–H groups in total. The summed E-state index contributed by atoms with van der Waals surface area (Å²) in [6.07, 6.45) is 1.66. The smallest absolute Gasteiger partial charge is 0.227 e. The molecule has 3 aromatic heterocycles. The van der Waals surface area contributed by atoms with Crippen LogP contribution in [-0.2, 0) is 0 Å². The SMILES string of the molecule is [2H]C([2H])([2H])c1ccc2c(n1)oc1c(-c3cc(-c4ccc5cc(-c6ccccc6)ccc5c4C([2H])([2H])[2H])ccn3)cccc12. The quantitative estimate of drug-likeness (QED) is 0.252. The predicted molar refractivity (Wildman–Crippen MR) is 153 cm³/mol. The van der Waals surface area contributed by atoms with Gasteiger partial charge in [-0.2, -0.15) is 0 Å². The fourth-order valence-corrected chi connectivity index (χ4v) is 5.01. The van der Waals surface area contributed by atoms with E-state index in [0.717, 1.165) is 21.9 Å². The molecule has 7 aromatic rings. The Morgan fingerprint density at radius 3 is 2.46 bits per heavy atom. The van der Waals surface area contributed by atoms with E-state index in [2.05, 4.69) is 9.97 Å². The first-order valence-corrected chi connectivity index (χ1v) is 12.0. The van der Waals surface area contributed by atoms with Crippen molar-refractivity contribution < 1.29 is 12.6 Å². The normalized spacial score (nSPS) is 14.6. The highest BCUT2D eigenvalue weighted by Crippen LogP contribution is 2.37. The van der Waals surface area contributed by atoms with Crippen molar-refractivity contribution >= 4 is 32.8 Å². The first-order chi connectivity index (χ1) is 20.6. The van der Waals surface area contributed by atoms with Gasteiger partial charge in [0, 0.05) is 36.5 Å². The van der Waals surface area contributed by atoms with E-state index >= 15 is 0 Å². The number of benzene rings is 4. The standard InChI is InChI=1S/C34H24N2O/c1-21-11-14-30-29-9-6-10-31(33(29)37-34(30)36-21)32-20-26(17-18-35-32)28-16-13-25-19-24(12-15-27(25)22(28)2)23-7-4-3-5-8-23/h3-20H,1-2H3/i1D3,2D3. The molecule has 0 atom stereocenters. The number of nitrogens with zero attached hydrogens (tertiary/aromatic N) is 2. The lowest BCUT2D eigenvalue weighted by molar-refractivity contribution is 0.653. The number of hydrogen-bond donors (Lipinski definition) is 0. The Morgan fingerprint density at radius 1 is 0.649 bits per heavy atom. The average Bonchev–Trinajstić information content (AvgIpc) is 3.38. The van der Waals surface area contributed by atoms with Crippen LogP contribution in [0.2, 0.25) is 0 Å². The molecule has 7 rings (SSSR count). The number of aromatic nitrogens is 2. The number of hydrogen-bond acceptors (Lipinski definition) is 3. The van der Waals surface area contributed by atoms with E-state index in [1.807, 2.05) is 84.9 Å². The molecule has 0 spiro atoms. The summed E-state index contributed by atoms with van der Waals surface area (Å²) in [5.74, 6) is 0. The Bertz CT molecular complexity index is 2170. The van der Waals surface area contributed by atoms with Gasteiger partial charge in [0.05, 0.1) is 5.69 Å².